The second-order valence-electron chi connectivity index (χ2n) is 18.2. The smallest absolute Gasteiger partial charge is 0.407 e. The van der Waals surface area contributed by atoms with Crippen molar-refractivity contribution in [2.75, 3.05) is 31.2 Å². The van der Waals surface area contributed by atoms with Crippen LogP contribution in [0.2, 0.25) is 18.1 Å². The van der Waals surface area contributed by atoms with E-state index in [2.05, 4.69) is 43.9 Å². The van der Waals surface area contributed by atoms with Crippen LogP contribution in [0.15, 0.2) is 41.5 Å². The van der Waals surface area contributed by atoms with E-state index in [1.54, 1.807) is 30.1 Å². The number of fused-ring (bicyclic) bond motifs is 2. The molecule has 322 valence electrons. The first-order valence-corrected chi connectivity index (χ1v) is 24.1. The predicted molar refractivity (Wildman–Crippen MR) is 232 cm³/mol. The summed E-state index contributed by atoms with van der Waals surface area (Å²) in [6, 6.07) is 5.17. The highest BCUT2D eigenvalue weighted by Crippen LogP contribution is 2.40. The average Bonchev–Trinajstić information content (AvgIpc) is 3.62. The number of hydrogen-bond acceptors (Lipinski definition) is 9. The molecule has 13 nitrogen and oxygen atoms in total. The van der Waals surface area contributed by atoms with Crippen molar-refractivity contribution in [1.82, 2.24) is 34.2 Å². The number of nitrogens with zero attached hydrogens (tertiary/aromatic N) is 8. The maximum absolute atomic E-state index is 17.1. The molecule has 1 unspecified atom stereocenters. The summed E-state index contributed by atoms with van der Waals surface area (Å²) in [6.07, 6.45) is 6.43. The number of piperazine rings is 1. The summed E-state index contributed by atoms with van der Waals surface area (Å²) >= 11 is 0. The van der Waals surface area contributed by atoms with Crippen LogP contribution in [0.1, 0.15) is 104 Å². The molecular formula is C44H58F2N8O5Si. The van der Waals surface area contributed by atoms with Gasteiger partial charge in [0.1, 0.15) is 17.3 Å². The monoisotopic (exact) mass is 844 g/mol. The normalized spacial score (nSPS) is 19.2. The molecule has 5 aromatic rings. The molecule has 7 rings (SSSR count). The highest BCUT2D eigenvalue weighted by atomic mass is 28.4. The summed E-state index contributed by atoms with van der Waals surface area (Å²) in [7, 11) is -1.94. The number of ether oxygens (including phenoxy) is 1. The molecule has 60 heavy (non-hydrogen) atoms. The summed E-state index contributed by atoms with van der Waals surface area (Å²) in [5.74, 6) is -1.48. The van der Waals surface area contributed by atoms with Gasteiger partial charge in [0.05, 0.1) is 34.0 Å². The Hall–Kier alpha value is -4.80. The van der Waals surface area contributed by atoms with Crippen LogP contribution >= 0.6 is 0 Å². The zero-order chi connectivity index (χ0) is 43.3. The van der Waals surface area contributed by atoms with Crippen LogP contribution < -0.4 is 10.6 Å². The third-order valence-corrected chi connectivity index (χ3v) is 17.1. The van der Waals surface area contributed by atoms with Crippen LogP contribution in [0.5, 0.6) is 0 Å². The number of halogens is 2. The Labute approximate surface area is 350 Å². The number of amides is 1. The molecule has 6 heterocycles. The molecule has 4 aromatic heterocycles. The van der Waals surface area contributed by atoms with Crippen LogP contribution in [0.25, 0.3) is 38.9 Å². The second kappa shape index (κ2) is 16.9. The van der Waals surface area contributed by atoms with Gasteiger partial charge >= 0.3 is 11.8 Å². The Morgan fingerprint density at radius 2 is 1.82 bits per heavy atom. The van der Waals surface area contributed by atoms with E-state index < -0.39 is 50.0 Å². The molecule has 2 aliphatic heterocycles. The van der Waals surface area contributed by atoms with Crippen molar-refractivity contribution in [3.8, 4) is 16.9 Å². The lowest BCUT2D eigenvalue weighted by Gasteiger charge is -2.43. The Morgan fingerprint density at radius 3 is 2.50 bits per heavy atom. The van der Waals surface area contributed by atoms with Crippen LogP contribution in [0, 0.1) is 11.6 Å². The van der Waals surface area contributed by atoms with Gasteiger partial charge in [-0.1, -0.05) is 34.6 Å². The molecule has 0 saturated carbocycles. The van der Waals surface area contributed by atoms with Crippen LogP contribution in [-0.4, -0.2) is 92.1 Å². The SMILES string of the molecule is CC(C)c1nccc(CCCCO[Si](C)(C)C(C)(C)C)c1-n1c(=O)nc(N2C[C@@H](C)N(C(=O)O)C[C@@H]2C)c2cc(F)c(-c3c(F)ccc4cnn(C5CCCCO5)c34)nc21. The van der Waals surface area contributed by atoms with Crippen LogP contribution in [-0.2, 0) is 15.6 Å². The topological polar surface area (TPSA) is 141 Å². The van der Waals surface area contributed by atoms with Crippen molar-refractivity contribution < 1.29 is 27.8 Å². The van der Waals surface area contributed by atoms with Crippen molar-refractivity contribution >= 4 is 42.2 Å². The fourth-order valence-corrected chi connectivity index (χ4v) is 9.31. The van der Waals surface area contributed by atoms with Gasteiger partial charge in [-0.2, -0.15) is 10.1 Å². The number of rotatable bonds is 11. The number of unbranched alkanes of at least 4 members (excludes halogenated alkanes) is 1. The molecule has 0 spiro atoms. The van der Waals surface area contributed by atoms with Crippen LogP contribution in [0.3, 0.4) is 0 Å². The first-order chi connectivity index (χ1) is 28.4. The largest absolute Gasteiger partial charge is 0.465 e. The number of pyridine rings is 2. The third-order valence-electron chi connectivity index (χ3n) is 12.6. The predicted octanol–water partition coefficient (Wildman–Crippen LogP) is 9.21. The van der Waals surface area contributed by atoms with Crippen molar-refractivity contribution in [3.05, 3.63) is 70.0 Å². The number of aromatic nitrogens is 6. The Morgan fingerprint density at radius 1 is 1.05 bits per heavy atom. The Bertz CT molecular complexity index is 2460. The molecule has 16 heteroatoms. The first kappa shape index (κ1) is 43.3. The molecule has 2 aliphatic rings. The van der Waals surface area contributed by atoms with Gasteiger partial charge in [-0.3, -0.25) is 4.98 Å². The van der Waals surface area contributed by atoms with E-state index in [9.17, 15) is 14.7 Å². The zero-order valence-electron chi connectivity index (χ0n) is 36.3. The van der Waals surface area contributed by atoms with E-state index in [4.69, 9.17) is 19.1 Å². The molecule has 1 N–H and O–H groups in total. The third kappa shape index (κ3) is 8.17. The maximum atomic E-state index is 17.1. The van der Waals surface area contributed by atoms with Crippen molar-refractivity contribution in [1.29, 1.82) is 0 Å². The quantitative estimate of drug-likeness (QED) is 0.101. The highest BCUT2D eigenvalue weighted by molar-refractivity contribution is 6.74. The lowest BCUT2D eigenvalue weighted by molar-refractivity contribution is -0.0366. The Balaban J connectivity index is 1.43. The van der Waals surface area contributed by atoms with Gasteiger partial charge in [-0.25, -0.2) is 32.6 Å². The Kier molecular flexibility index (Phi) is 12.2. The van der Waals surface area contributed by atoms with Gasteiger partial charge in [-0.15, -0.1) is 0 Å². The summed E-state index contributed by atoms with van der Waals surface area (Å²) in [4.78, 5) is 44.5. The summed E-state index contributed by atoms with van der Waals surface area (Å²) in [5.41, 5.74) is 1.35. The zero-order valence-corrected chi connectivity index (χ0v) is 37.3. The number of hydrogen-bond donors (Lipinski definition) is 1. The van der Waals surface area contributed by atoms with E-state index in [0.717, 1.165) is 31.2 Å². The maximum Gasteiger partial charge on any atom is 0.407 e. The minimum atomic E-state index is -1.94. The number of anilines is 1. The van der Waals surface area contributed by atoms with Gasteiger partial charge in [0.2, 0.25) is 0 Å². The number of benzene rings is 1. The molecule has 3 atom stereocenters. The number of carboxylic acid groups (broad SMARTS) is 1. The molecule has 0 radical (unpaired) electrons. The van der Waals surface area contributed by atoms with E-state index in [1.807, 2.05) is 31.7 Å². The minimum absolute atomic E-state index is 0.0794. The second-order valence-corrected chi connectivity index (χ2v) is 23.0. The average molecular weight is 845 g/mol. The van der Waals surface area contributed by atoms with E-state index >= 15 is 8.78 Å². The van der Waals surface area contributed by atoms with E-state index in [0.29, 0.717) is 48.3 Å². The molecular weight excluding hydrogens is 787 g/mol. The van der Waals surface area contributed by atoms with Crippen molar-refractivity contribution in [2.24, 2.45) is 0 Å². The standard InChI is InChI=1S/C44H58F2N8O5Si/c1-26(2)36-39(29(18-19-47-36)14-10-13-21-59-60(8,9)44(5,6)7)53-41-31(40(50-42(53)55)51-24-28(4)52(43(56)57)25-27(51)3)22-33(46)37(49-41)35-32(45)17-16-30-23-48-54(38(30)35)34-15-11-12-20-58-34/h16-19,22-23,26-28,34H,10-15,20-21,24-25H2,1-9H3,(H,56,57)/t27-,28+,34?/m0/s1. The number of carbonyl (C=O) groups is 1. The van der Waals surface area contributed by atoms with E-state index in [-0.39, 0.29) is 52.2 Å². The minimum Gasteiger partial charge on any atom is -0.465 e. The first-order valence-electron chi connectivity index (χ1n) is 21.2. The summed E-state index contributed by atoms with van der Waals surface area (Å²) in [6.45, 7) is 20.2. The molecule has 0 bridgehead atoms. The molecule has 2 saturated heterocycles. The lowest BCUT2D eigenvalue weighted by Crippen LogP contribution is -2.58. The summed E-state index contributed by atoms with van der Waals surface area (Å²) in [5, 5.41) is 15.4. The van der Waals surface area contributed by atoms with Gasteiger partial charge in [-0.05, 0) is 106 Å². The summed E-state index contributed by atoms with van der Waals surface area (Å²) < 4.78 is 49.0. The lowest BCUT2D eigenvalue weighted by atomic mass is 10.00. The van der Waals surface area contributed by atoms with Gasteiger partial charge in [0.25, 0.3) is 0 Å². The fraction of sp³-hybridized carbons (Fsp3) is 0.545. The fourth-order valence-electron chi connectivity index (χ4n) is 8.22. The van der Waals surface area contributed by atoms with Gasteiger partial charge in [0, 0.05) is 50.0 Å². The van der Waals surface area contributed by atoms with Crippen molar-refractivity contribution in [2.45, 2.75) is 129 Å². The molecule has 2 fully saturated rings. The van der Waals surface area contributed by atoms with Crippen molar-refractivity contribution in [3.63, 3.8) is 0 Å². The van der Waals surface area contributed by atoms with Crippen LogP contribution in [0.4, 0.5) is 19.4 Å². The molecule has 1 aromatic carbocycles. The van der Waals surface area contributed by atoms with E-state index in [1.165, 1.54) is 21.6 Å². The molecule has 1 amide bonds. The number of aryl methyl sites for hydroxylation is 1. The molecule has 0 aliphatic carbocycles. The van der Waals surface area contributed by atoms with Gasteiger partial charge in [0.15, 0.2) is 26.0 Å². The highest BCUT2D eigenvalue weighted by Gasteiger charge is 2.38. The van der Waals surface area contributed by atoms with Gasteiger partial charge < -0.3 is 24.1 Å².